The number of carbonyl (C=O) groups is 2. The van der Waals surface area contributed by atoms with Gasteiger partial charge >= 0.3 is 0 Å². The topological polar surface area (TPSA) is 75.4 Å². The van der Waals surface area contributed by atoms with Crippen molar-refractivity contribution in [1.82, 2.24) is 15.2 Å². The van der Waals surface area contributed by atoms with Crippen LogP contribution in [-0.2, 0) is 11.3 Å². The number of carbonyl (C=O) groups excluding carboxylic acids is 2. The molecule has 0 aliphatic heterocycles. The van der Waals surface area contributed by atoms with Crippen LogP contribution in [0.2, 0.25) is 0 Å². The average Bonchev–Trinajstić information content (AvgIpc) is 3.07. The molecule has 0 aromatic carbocycles. The van der Waals surface area contributed by atoms with Gasteiger partial charge in [-0.15, -0.1) is 0 Å². The molecule has 1 atom stereocenters. The number of amides is 2. The first-order valence-electron chi connectivity index (χ1n) is 7.52. The van der Waals surface area contributed by atoms with Gasteiger partial charge < -0.3 is 14.6 Å². The summed E-state index contributed by atoms with van der Waals surface area (Å²) in [6.45, 7) is 5.95. The van der Waals surface area contributed by atoms with Crippen molar-refractivity contribution in [3.05, 3.63) is 54.2 Å². The fourth-order valence-corrected chi connectivity index (χ4v) is 2.17. The van der Waals surface area contributed by atoms with Gasteiger partial charge in [-0.05, 0) is 39.0 Å². The highest BCUT2D eigenvalue weighted by molar-refractivity contribution is 5.97. The zero-order valence-corrected chi connectivity index (χ0v) is 13.5. The quantitative estimate of drug-likeness (QED) is 0.887. The zero-order chi connectivity index (χ0) is 16.8. The maximum absolute atomic E-state index is 12.7. The van der Waals surface area contributed by atoms with Crippen LogP contribution in [0.15, 0.2) is 47.4 Å². The maximum Gasteiger partial charge on any atom is 0.255 e. The fraction of sp³-hybridized carbons (Fsp3) is 0.353. The third-order valence-electron chi connectivity index (χ3n) is 3.47. The smallest absolute Gasteiger partial charge is 0.255 e. The zero-order valence-electron chi connectivity index (χ0n) is 13.5. The van der Waals surface area contributed by atoms with E-state index in [1.165, 1.54) is 12.5 Å². The van der Waals surface area contributed by atoms with E-state index in [-0.39, 0.29) is 17.9 Å². The van der Waals surface area contributed by atoms with E-state index in [1.807, 2.05) is 32.0 Å². The normalized spacial score (nSPS) is 12.0. The minimum atomic E-state index is -0.636. The SMILES string of the molecule is CC(NC(=O)c1ccoc1)C(=O)N(Cc1ccccn1)C(C)C. The Kier molecular flexibility index (Phi) is 5.51. The highest BCUT2D eigenvalue weighted by atomic mass is 16.3. The molecule has 2 aromatic rings. The van der Waals surface area contributed by atoms with Gasteiger partial charge in [0.1, 0.15) is 12.3 Å². The van der Waals surface area contributed by atoms with Gasteiger partial charge in [0.15, 0.2) is 0 Å². The molecule has 2 amide bonds. The van der Waals surface area contributed by atoms with Crippen LogP contribution in [0.5, 0.6) is 0 Å². The number of pyridine rings is 1. The number of nitrogens with zero attached hydrogens (tertiary/aromatic N) is 2. The van der Waals surface area contributed by atoms with Gasteiger partial charge in [-0.25, -0.2) is 0 Å². The van der Waals surface area contributed by atoms with Crippen LogP contribution < -0.4 is 5.32 Å². The molecule has 0 aliphatic rings. The standard InChI is InChI=1S/C17H21N3O3/c1-12(2)20(10-15-6-4-5-8-18-15)17(22)13(3)19-16(21)14-7-9-23-11-14/h4-9,11-13H,10H2,1-3H3,(H,19,21). The maximum atomic E-state index is 12.7. The molecule has 2 rings (SSSR count). The Morgan fingerprint density at radius 2 is 2.04 bits per heavy atom. The summed E-state index contributed by atoms with van der Waals surface area (Å²) < 4.78 is 4.88. The van der Waals surface area contributed by atoms with Crippen LogP contribution >= 0.6 is 0 Å². The van der Waals surface area contributed by atoms with Crippen molar-refractivity contribution in [1.29, 1.82) is 0 Å². The van der Waals surface area contributed by atoms with Crippen molar-refractivity contribution in [3.8, 4) is 0 Å². The lowest BCUT2D eigenvalue weighted by molar-refractivity contribution is -0.135. The Labute approximate surface area is 135 Å². The summed E-state index contributed by atoms with van der Waals surface area (Å²) in [5, 5.41) is 2.69. The lowest BCUT2D eigenvalue weighted by atomic mass is 10.2. The summed E-state index contributed by atoms with van der Waals surface area (Å²) >= 11 is 0. The van der Waals surface area contributed by atoms with Crippen LogP contribution in [0.3, 0.4) is 0 Å². The van der Waals surface area contributed by atoms with Gasteiger partial charge in [0.25, 0.3) is 5.91 Å². The predicted molar refractivity (Wildman–Crippen MR) is 85.6 cm³/mol. The molecule has 6 heteroatoms. The highest BCUT2D eigenvalue weighted by Crippen LogP contribution is 2.09. The number of aromatic nitrogens is 1. The number of hydrogen-bond acceptors (Lipinski definition) is 4. The van der Waals surface area contributed by atoms with Crippen LogP contribution in [0, 0.1) is 0 Å². The van der Waals surface area contributed by atoms with E-state index in [0.29, 0.717) is 12.1 Å². The molecule has 0 aliphatic carbocycles. The first-order chi connectivity index (χ1) is 11.0. The molecule has 0 saturated heterocycles. The van der Waals surface area contributed by atoms with E-state index in [9.17, 15) is 9.59 Å². The second-order valence-corrected chi connectivity index (χ2v) is 5.59. The molecule has 23 heavy (non-hydrogen) atoms. The molecular formula is C17H21N3O3. The van der Waals surface area contributed by atoms with Gasteiger partial charge in [0, 0.05) is 12.2 Å². The minimum absolute atomic E-state index is 0.00205. The summed E-state index contributed by atoms with van der Waals surface area (Å²) in [4.78, 5) is 30.6. The summed E-state index contributed by atoms with van der Waals surface area (Å²) in [5.41, 5.74) is 1.20. The van der Waals surface area contributed by atoms with Crippen molar-refractivity contribution < 1.29 is 14.0 Å². The van der Waals surface area contributed by atoms with Crippen LogP contribution in [-0.4, -0.2) is 33.8 Å². The number of rotatable bonds is 6. The molecule has 0 bridgehead atoms. The Morgan fingerprint density at radius 1 is 1.26 bits per heavy atom. The monoisotopic (exact) mass is 315 g/mol. The van der Waals surface area contributed by atoms with Crippen molar-refractivity contribution in [2.24, 2.45) is 0 Å². The van der Waals surface area contributed by atoms with E-state index in [4.69, 9.17) is 4.42 Å². The molecule has 2 heterocycles. The largest absolute Gasteiger partial charge is 0.472 e. The summed E-state index contributed by atoms with van der Waals surface area (Å²) in [6, 6.07) is 6.51. The molecule has 0 fully saturated rings. The fourth-order valence-electron chi connectivity index (χ4n) is 2.17. The van der Waals surface area contributed by atoms with E-state index in [1.54, 1.807) is 24.1 Å². The molecule has 1 unspecified atom stereocenters. The van der Waals surface area contributed by atoms with Gasteiger partial charge in [-0.2, -0.15) is 0 Å². The molecule has 0 spiro atoms. The van der Waals surface area contributed by atoms with E-state index in [2.05, 4.69) is 10.3 Å². The molecular weight excluding hydrogens is 294 g/mol. The molecule has 1 N–H and O–H groups in total. The number of nitrogens with one attached hydrogen (secondary N) is 1. The molecule has 0 radical (unpaired) electrons. The molecule has 122 valence electrons. The van der Waals surface area contributed by atoms with Crippen molar-refractivity contribution in [2.75, 3.05) is 0 Å². The third-order valence-corrected chi connectivity index (χ3v) is 3.47. The van der Waals surface area contributed by atoms with Crippen molar-refractivity contribution in [3.63, 3.8) is 0 Å². The molecule has 2 aromatic heterocycles. The summed E-state index contributed by atoms with van der Waals surface area (Å²) in [7, 11) is 0. The Hall–Kier alpha value is -2.63. The van der Waals surface area contributed by atoms with Crippen LogP contribution in [0.25, 0.3) is 0 Å². The molecule has 6 nitrogen and oxygen atoms in total. The third kappa shape index (κ3) is 4.42. The Morgan fingerprint density at radius 3 is 2.61 bits per heavy atom. The van der Waals surface area contributed by atoms with Crippen molar-refractivity contribution >= 4 is 11.8 Å². The van der Waals surface area contributed by atoms with Gasteiger partial charge in [0.05, 0.1) is 24.1 Å². The number of hydrogen-bond donors (Lipinski definition) is 1. The second-order valence-electron chi connectivity index (χ2n) is 5.59. The highest BCUT2D eigenvalue weighted by Gasteiger charge is 2.25. The van der Waals surface area contributed by atoms with Crippen LogP contribution in [0.1, 0.15) is 36.8 Å². The number of furan rings is 1. The second kappa shape index (κ2) is 7.58. The van der Waals surface area contributed by atoms with E-state index < -0.39 is 6.04 Å². The predicted octanol–water partition coefficient (Wildman–Crippen LogP) is 2.23. The lowest BCUT2D eigenvalue weighted by Crippen LogP contribution is -2.49. The van der Waals surface area contributed by atoms with E-state index >= 15 is 0 Å². The lowest BCUT2D eigenvalue weighted by Gasteiger charge is -2.29. The average molecular weight is 315 g/mol. The van der Waals surface area contributed by atoms with Gasteiger partial charge in [-0.1, -0.05) is 6.07 Å². The van der Waals surface area contributed by atoms with Crippen LogP contribution in [0.4, 0.5) is 0 Å². The summed E-state index contributed by atoms with van der Waals surface area (Å²) in [5.74, 6) is -0.483. The minimum Gasteiger partial charge on any atom is -0.472 e. The summed E-state index contributed by atoms with van der Waals surface area (Å²) in [6.07, 6.45) is 4.46. The van der Waals surface area contributed by atoms with Gasteiger partial charge in [-0.3, -0.25) is 14.6 Å². The van der Waals surface area contributed by atoms with E-state index in [0.717, 1.165) is 5.69 Å². The first kappa shape index (κ1) is 16.7. The van der Waals surface area contributed by atoms with Crippen molar-refractivity contribution in [2.45, 2.75) is 39.4 Å². The Bertz CT molecular complexity index is 638. The Balaban J connectivity index is 2.03. The first-order valence-corrected chi connectivity index (χ1v) is 7.52. The van der Waals surface area contributed by atoms with Gasteiger partial charge in [0.2, 0.25) is 5.91 Å². The molecule has 0 saturated carbocycles.